The van der Waals surface area contributed by atoms with E-state index in [4.69, 9.17) is 0 Å². The summed E-state index contributed by atoms with van der Waals surface area (Å²) in [6.45, 7) is 20.5. The molecular weight excluding hydrogens is 599 g/mol. The lowest BCUT2D eigenvalue weighted by molar-refractivity contribution is -0.572. The first kappa shape index (κ1) is 41.4. The summed E-state index contributed by atoms with van der Waals surface area (Å²) in [4.78, 5) is 4.85. The van der Waals surface area contributed by atoms with Gasteiger partial charge in [-0.25, -0.2) is 0 Å². The molecule has 2 aromatic carbocycles. The molecule has 5 heteroatoms. The number of anilines is 2. The first-order valence-corrected chi connectivity index (χ1v) is 19.3. The van der Waals surface area contributed by atoms with E-state index >= 15 is 0 Å². The average molecular weight is 665 g/mol. The first-order valence-electron chi connectivity index (χ1n) is 19.3. The summed E-state index contributed by atoms with van der Waals surface area (Å²) in [5.74, 6) is 1.83. The summed E-state index contributed by atoms with van der Waals surface area (Å²) < 4.78 is 0. The van der Waals surface area contributed by atoms with Gasteiger partial charge in [-0.3, -0.25) is 0 Å². The number of hydrogen-bond acceptors (Lipinski definition) is 4. The van der Waals surface area contributed by atoms with E-state index in [1.807, 2.05) is 32.1 Å². The predicted octanol–water partition coefficient (Wildman–Crippen LogP) is 11.2. The minimum Gasteiger partial charge on any atom is -0.326 e. The third-order valence-electron chi connectivity index (χ3n) is 9.35. The summed E-state index contributed by atoms with van der Waals surface area (Å²) in [7, 11) is 0. The van der Waals surface area contributed by atoms with Crippen LogP contribution in [0.15, 0.2) is 78.2 Å². The molecule has 0 aromatic heterocycles. The van der Waals surface area contributed by atoms with Gasteiger partial charge < -0.3 is 15.1 Å². The summed E-state index contributed by atoms with van der Waals surface area (Å²) >= 11 is 0. The summed E-state index contributed by atoms with van der Waals surface area (Å²) in [6.07, 6.45) is 20.8. The summed E-state index contributed by atoms with van der Waals surface area (Å²) in [6, 6.07) is 19.7. The predicted molar refractivity (Wildman–Crippen MR) is 211 cm³/mol. The molecule has 266 valence electrons. The molecule has 1 heterocycles. The fourth-order valence-corrected chi connectivity index (χ4v) is 6.68. The van der Waals surface area contributed by atoms with Crippen LogP contribution in [-0.2, 0) is 5.41 Å². The van der Waals surface area contributed by atoms with Crippen LogP contribution < -0.4 is 15.1 Å². The number of quaternary nitrogens is 1. The largest absolute Gasteiger partial charge is 0.326 e. The fraction of sp³-hybridized carbons (Fsp3) is 0.545. The highest BCUT2D eigenvalue weighted by molar-refractivity contribution is 5.82. The lowest BCUT2D eigenvalue weighted by Gasteiger charge is -2.30. The highest BCUT2D eigenvalue weighted by Gasteiger charge is 2.31. The molecule has 1 unspecified atom stereocenters. The number of unbranched alkanes of at least 4 members (excludes halogenated alkanes) is 4. The first-order chi connectivity index (χ1) is 23.8. The Labute approximate surface area is 300 Å². The second kappa shape index (κ2) is 22.8. The van der Waals surface area contributed by atoms with Crippen molar-refractivity contribution in [1.82, 2.24) is 0 Å². The SMILES string of the molecule is CC.CCCCCCCC(C)(C/C=C/C(C#N)=C/C=C1/N(CCC)c2ccccc2N1CCCC(C)C)c1cc(C#N)ccc1[NH2+]CCC. The summed E-state index contributed by atoms with van der Waals surface area (Å²) in [5.41, 5.74) is 6.23. The Balaban J connectivity index is 0.00000409. The number of rotatable bonds is 20. The van der Waals surface area contributed by atoms with Crippen molar-refractivity contribution in [2.75, 3.05) is 29.4 Å². The Bertz CT molecular complexity index is 1440. The normalized spacial score (nSPS) is 14.8. The molecular formula is C44H66N5+. The molecule has 0 fully saturated rings. The van der Waals surface area contributed by atoms with Crippen molar-refractivity contribution in [3.05, 3.63) is 89.3 Å². The van der Waals surface area contributed by atoms with Gasteiger partial charge in [0.05, 0.1) is 41.2 Å². The Kier molecular flexibility index (Phi) is 19.2. The molecule has 1 aliphatic heterocycles. The van der Waals surface area contributed by atoms with E-state index in [1.54, 1.807) is 0 Å². The van der Waals surface area contributed by atoms with Crippen molar-refractivity contribution in [1.29, 1.82) is 10.5 Å². The van der Waals surface area contributed by atoms with E-state index in [0.29, 0.717) is 17.1 Å². The highest BCUT2D eigenvalue weighted by atomic mass is 15.4. The molecule has 0 bridgehead atoms. The molecule has 3 rings (SSSR count). The van der Waals surface area contributed by atoms with Crippen LogP contribution in [0.3, 0.4) is 0 Å². The molecule has 2 N–H and O–H groups in total. The highest BCUT2D eigenvalue weighted by Crippen LogP contribution is 2.42. The van der Waals surface area contributed by atoms with Gasteiger partial charge in [-0.05, 0) is 86.9 Å². The zero-order valence-corrected chi connectivity index (χ0v) is 32.2. The van der Waals surface area contributed by atoms with Crippen LogP contribution >= 0.6 is 0 Å². The van der Waals surface area contributed by atoms with Crippen molar-refractivity contribution in [3.8, 4) is 12.1 Å². The minimum absolute atomic E-state index is 0.133. The Morgan fingerprint density at radius 2 is 1.57 bits per heavy atom. The smallest absolute Gasteiger partial charge is 0.133 e. The van der Waals surface area contributed by atoms with E-state index in [9.17, 15) is 10.5 Å². The van der Waals surface area contributed by atoms with Crippen LogP contribution in [-0.4, -0.2) is 19.6 Å². The van der Waals surface area contributed by atoms with Crippen LogP contribution in [0, 0.1) is 28.6 Å². The number of hydrogen-bond donors (Lipinski definition) is 1. The van der Waals surface area contributed by atoms with Crippen LogP contribution in [0.5, 0.6) is 0 Å². The molecule has 0 saturated heterocycles. The van der Waals surface area contributed by atoms with Crippen LogP contribution in [0.25, 0.3) is 0 Å². The van der Waals surface area contributed by atoms with Crippen molar-refractivity contribution < 1.29 is 5.32 Å². The van der Waals surface area contributed by atoms with Crippen LogP contribution in [0.1, 0.15) is 137 Å². The maximum absolute atomic E-state index is 10.2. The van der Waals surface area contributed by atoms with Gasteiger partial charge in [0.1, 0.15) is 11.5 Å². The maximum atomic E-state index is 10.2. The number of allylic oxidation sites excluding steroid dienone is 5. The maximum Gasteiger partial charge on any atom is 0.133 e. The molecule has 0 spiro atoms. The lowest BCUT2D eigenvalue weighted by Crippen LogP contribution is -2.78. The third kappa shape index (κ3) is 12.5. The van der Waals surface area contributed by atoms with Gasteiger partial charge in [0, 0.05) is 30.1 Å². The lowest BCUT2D eigenvalue weighted by atomic mass is 9.74. The third-order valence-corrected chi connectivity index (χ3v) is 9.35. The van der Waals surface area contributed by atoms with Crippen molar-refractivity contribution in [3.63, 3.8) is 0 Å². The van der Waals surface area contributed by atoms with Crippen LogP contribution in [0.4, 0.5) is 17.1 Å². The van der Waals surface area contributed by atoms with E-state index in [-0.39, 0.29) is 5.41 Å². The molecule has 0 saturated carbocycles. The number of fused-ring (bicyclic) bond motifs is 1. The van der Waals surface area contributed by atoms with Gasteiger partial charge in [0.2, 0.25) is 0 Å². The number of benzene rings is 2. The van der Waals surface area contributed by atoms with Gasteiger partial charge in [0.15, 0.2) is 0 Å². The fourth-order valence-electron chi connectivity index (χ4n) is 6.68. The van der Waals surface area contributed by atoms with Gasteiger partial charge in [-0.1, -0.05) is 106 Å². The molecule has 0 aliphatic carbocycles. The van der Waals surface area contributed by atoms with Gasteiger partial charge in [-0.15, -0.1) is 0 Å². The number of para-hydroxylation sites is 2. The molecule has 5 nitrogen and oxygen atoms in total. The molecule has 0 amide bonds. The molecule has 0 radical (unpaired) electrons. The monoisotopic (exact) mass is 665 g/mol. The minimum atomic E-state index is -0.133. The molecule has 1 aliphatic rings. The van der Waals surface area contributed by atoms with E-state index in [1.165, 1.54) is 54.7 Å². The van der Waals surface area contributed by atoms with Gasteiger partial charge >= 0.3 is 0 Å². The van der Waals surface area contributed by atoms with Crippen LogP contribution in [0.2, 0.25) is 0 Å². The zero-order chi connectivity index (χ0) is 36.1. The van der Waals surface area contributed by atoms with Crippen molar-refractivity contribution in [2.24, 2.45) is 5.92 Å². The van der Waals surface area contributed by atoms with Crippen molar-refractivity contribution in [2.45, 2.75) is 131 Å². The zero-order valence-electron chi connectivity index (χ0n) is 32.2. The molecule has 1 atom stereocenters. The van der Waals surface area contributed by atoms with E-state index in [2.05, 4.69) is 117 Å². The quantitative estimate of drug-likeness (QED) is 0.0662. The number of nitrogens with two attached hydrogens (primary N) is 1. The van der Waals surface area contributed by atoms with E-state index in [0.717, 1.165) is 64.0 Å². The van der Waals surface area contributed by atoms with E-state index < -0.39 is 0 Å². The average Bonchev–Trinajstić information content (AvgIpc) is 3.41. The van der Waals surface area contributed by atoms with Gasteiger partial charge in [-0.2, -0.15) is 10.5 Å². The standard InChI is InChI=1S/C42H59N5.C2H6/c1-7-10-11-12-15-26-42(6,37-31-36(33-44)22-24-38(37)45-28-8-2)27-16-19-35(32-43)23-25-41-46(29-9-3)39-20-13-14-21-40(39)47(41)30-17-18-34(4)5;1-2/h13-14,16,19-25,31,34,45H,7-12,15,17-18,26-30H2,1-6H3;1-2H3/p+1/b19-16+,35-23-,41-25-;. The Hall–Kier alpha value is -3.80. The Morgan fingerprint density at radius 1 is 0.878 bits per heavy atom. The van der Waals surface area contributed by atoms with Crippen molar-refractivity contribution >= 4 is 17.1 Å². The molecule has 49 heavy (non-hydrogen) atoms. The second-order valence-electron chi connectivity index (χ2n) is 13.8. The van der Waals surface area contributed by atoms with Gasteiger partial charge in [0.25, 0.3) is 0 Å². The topological polar surface area (TPSA) is 70.7 Å². The summed E-state index contributed by atoms with van der Waals surface area (Å²) in [5, 5.41) is 22.3. The number of nitrogens with zero attached hydrogens (tertiary/aromatic N) is 4. The Morgan fingerprint density at radius 3 is 2.18 bits per heavy atom. The second-order valence-corrected chi connectivity index (χ2v) is 13.8. The molecule has 2 aromatic rings. The number of nitriles is 2.